The van der Waals surface area contributed by atoms with Gasteiger partial charge >= 0.3 is 0 Å². The lowest BCUT2D eigenvalue weighted by Gasteiger charge is -2.30. The molecule has 3 N–H and O–H groups in total. The average Bonchev–Trinajstić information content (AvgIpc) is 2.95. The minimum atomic E-state index is -0.450. The Balaban J connectivity index is 0.000000575. The molecule has 2 amide bonds. The summed E-state index contributed by atoms with van der Waals surface area (Å²) in [4.78, 5) is 28.9. The molecule has 1 heterocycles. The van der Waals surface area contributed by atoms with Crippen LogP contribution in [0.25, 0.3) is 11.1 Å². The number of aromatic nitrogens is 1. The molecule has 41 heavy (non-hydrogen) atoms. The number of nitrogens with one attached hydrogen (secondary N) is 3. The Kier molecular flexibility index (Phi) is 11.4. The summed E-state index contributed by atoms with van der Waals surface area (Å²) in [5.74, 6) is -0.453. The van der Waals surface area contributed by atoms with E-state index in [9.17, 15) is 9.59 Å². The van der Waals surface area contributed by atoms with Crippen molar-refractivity contribution < 1.29 is 9.59 Å². The number of carbonyl (C=O) groups is 2. The zero-order valence-electron chi connectivity index (χ0n) is 24.2. The second-order valence-electron chi connectivity index (χ2n) is 10.2. The van der Waals surface area contributed by atoms with Crippen LogP contribution in [-0.4, -0.2) is 29.0 Å². The fourth-order valence-corrected chi connectivity index (χ4v) is 4.45. The van der Waals surface area contributed by atoms with E-state index in [-0.39, 0.29) is 11.8 Å². The summed E-state index contributed by atoms with van der Waals surface area (Å²) < 4.78 is 1.82. The molecule has 1 aliphatic carbocycles. The molecule has 1 aromatic heterocycles. The van der Waals surface area contributed by atoms with Crippen LogP contribution in [0, 0.1) is 6.92 Å². The van der Waals surface area contributed by atoms with Gasteiger partial charge in [-0.25, -0.2) is 10.4 Å². The number of nitrogens with zero attached hydrogens (tertiary/aromatic N) is 2. The second kappa shape index (κ2) is 15.0. The van der Waals surface area contributed by atoms with Crippen LogP contribution in [0.3, 0.4) is 0 Å². The van der Waals surface area contributed by atoms with Crippen LogP contribution in [0.4, 0.5) is 0 Å². The maximum atomic E-state index is 13.1. The molecule has 214 valence electrons. The van der Waals surface area contributed by atoms with Gasteiger partial charge < -0.3 is 9.88 Å². The Morgan fingerprint density at radius 3 is 2.44 bits per heavy atom. The molecule has 0 bridgehead atoms. The molecule has 0 atom stereocenters. The molecule has 3 aromatic rings. The van der Waals surface area contributed by atoms with E-state index in [0.717, 1.165) is 24.0 Å². The van der Waals surface area contributed by atoms with Crippen LogP contribution in [-0.2, 0) is 11.8 Å². The van der Waals surface area contributed by atoms with Crippen molar-refractivity contribution in [2.75, 3.05) is 7.05 Å². The van der Waals surface area contributed by atoms with Crippen molar-refractivity contribution in [3.63, 3.8) is 0 Å². The van der Waals surface area contributed by atoms with E-state index in [1.54, 1.807) is 25.2 Å². The van der Waals surface area contributed by atoms with Gasteiger partial charge in [-0.15, -0.1) is 0 Å². The number of rotatable bonds is 7. The highest BCUT2D eigenvalue weighted by atomic mass is 35.5. The third-order valence-electron chi connectivity index (χ3n) is 6.51. The average molecular weight is 572 g/mol. The van der Waals surface area contributed by atoms with Crippen molar-refractivity contribution in [1.29, 1.82) is 0 Å². The molecule has 0 saturated carbocycles. The molecule has 0 aliphatic heterocycles. The Labute approximate surface area is 247 Å². The maximum absolute atomic E-state index is 13.1. The largest absolute Gasteiger partial charge is 0.343 e. The molecule has 0 spiro atoms. The van der Waals surface area contributed by atoms with Gasteiger partial charge in [0, 0.05) is 48.7 Å². The number of hydrogen-bond donors (Lipinski definition) is 3. The van der Waals surface area contributed by atoms with Gasteiger partial charge in [0.1, 0.15) is 5.49 Å². The van der Waals surface area contributed by atoms with Gasteiger partial charge in [-0.2, -0.15) is 0 Å². The summed E-state index contributed by atoms with van der Waals surface area (Å²) in [6, 6.07) is 19.2. The Morgan fingerprint density at radius 1 is 1.07 bits per heavy atom. The second-order valence-corrected chi connectivity index (χ2v) is 10.6. The molecule has 4 rings (SSSR count). The predicted molar refractivity (Wildman–Crippen MR) is 167 cm³/mol. The van der Waals surface area contributed by atoms with Crippen LogP contribution in [0.15, 0.2) is 108 Å². The van der Waals surface area contributed by atoms with Gasteiger partial charge in [-0.05, 0) is 75.1 Å². The van der Waals surface area contributed by atoms with Crippen LogP contribution >= 0.6 is 11.6 Å². The number of benzene rings is 2. The van der Waals surface area contributed by atoms with E-state index in [0.29, 0.717) is 16.1 Å². The highest BCUT2D eigenvalue weighted by molar-refractivity contribution is 6.33. The first-order valence-corrected chi connectivity index (χ1v) is 13.8. The third kappa shape index (κ3) is 9.45. The van der Waals surface area contributed by atoms with E-state index in [4.69, 9.17) is 11.6 Å². The first kappa shape index (κ1) is 31.3. The number of allylic oxidation sites excluding steroid dienone is 3. The van der Waals surface area contributed by atoms with Gasteiger partial charge in [-0.3, -0.25) is 15.0 Å². The monoisotopic (exact) mass is 571 g/mol. The fraction of sp³-hybridized carbons (Fsp3) is 0.242. The van der Waals surface area contributed by atoms with E-state index < -0.39 is 5.54 Å². The highest BCUT2D eigenvalue weighted by Crippen LogP contribution is 2.29. The number of halogens is 1. The summed E-state index contributed by atoms with van der Waals surface area (Å²) in [5, 5.41) is 3.70. The Morgan fingerprint density at radius 2 is 1.83 bits per heavy atom. The molecule has 0 saturated heterocycles. The van der Waals surface area contributed by atoms with E-state index in [2.05, 4.69) is 52.4 Å². The van der Waals surface area contributed by atoms with E-state index >= 15 is 0 Å². The minimum Gasteiger partial charge on any atom is -0.343 e. The molecule has 0 unspecified atom stereocenters. The third-order valence-corrected chi connectivity index (χ3v) is 6.84. The smallest absolute Gasteiger partial charge is 0.259 e. The van der Waals surface area contributed by atoms with Gasteiger partial charge in [0.2, 0.25) is 0 Å². The highest BCUT2D eigenvalue weighted by Gasteiger charge is 2.26. The van der Waals surface area contributed by atoms with Gasteiger partial charge in [0.15, 0.2) is 0 Å². The van der Waals surface area contributed by atoms with Crippen LogP contribution in [0.2, 0.25) is 5.02 Å². The zero-order valence-corrected chi connectivity index (χ0v) is 25.0. The molecular weight excluding hydrogens is 534 g/mol. The van der Waals surface area contributed by atoms with Crippen LogP contribution < -0.4 is 21.7 Å². The lowest BCUT2D eigenvalue weighted by Crippen LogP contribution is -2.45. The summed E-state index contributed by atoms with van der Waals surface area (Å²) in [6.07, 6.45) is 12.8. The number of pyridine rings is 1. The van der Waals surface area contributed by atoms with Crippen molar-refractivity contribution in [3.05, 3.63) is 125 Å². The van der Waals surface area contributed by atoms with Crippen LogP contribution in [0.1, 0.15) is 42.6 Å². The molecule has 1 aliphatic rings. The van der Waals surface area contributed by atoms with Gasteiger partial charge in [0.05, 0.1) is 5.54 Å². The van der Waals surface area contributed by atoms with Crippen molar-refractivity contribution in [1.82, 2.24) is 20.7 Å². The maximum Gasteiger partial charge on any atom is 0.259 e. The summed E-state index contributed by atoms with van der Waals surface area (Å²) >= 11 is 6.49. The van der Waals surface area contributed by atoms with Crippen molar-refractivity contribution >= 4 is 23.4 Å². The van der Waals surface area contributed by atoms with Crippen molar-refractivity contribution in [3.8, 4) is 11.1 Å². The minimum absolute atomic E-state index is 0.153. The van der Waals surface area contributed by atoms with E-state index in [1.807, 2.05) is 68.1 Å². The topological polar surface area (TPSA) is 87.5 Å². The van der Waals surface area contributed by atoms with Crippen LogP contribution in [0.5, 0.6) is 0 Å². The molecule has 2 aromatic carbocycles. The lowest BCUT2D eigenvalue weighted by molar-refractivity contribution is -0.117. The molecule has 0 fully saturated rings. The molecule has 0 radical (unpaired) electrons. The zero-order chi connectivity index (χ0) is 29.8. The number of hydrazine groups is 1. The Bertz CT molecular complexity index is 1520. The van der Waals surface area contributed by atoms with Gasteiger partial charge in [-0.1, -0.05) is 65.7 Å². The normalized spacial score (nSPS) is 13.3. The standard InChI is InChI=1S/C26H30ClN5O2.C7H8/c1-26(2,20-8-6-5-7-9-20)30-25(34)18-10-12-22(27)21(16-18)19-11-13-23(32(4)17-19)29-15-14-24(33)31-28-3;1-7-5-3-2-4-6-7/h5-6,8,10-17,28H,7,9H2,1-4H3,(H,30,34)(H,31,33);2-6H,1H3/b15-14+,29-23?;. The molecular formula is C33H38ClN5O2. The number of hydrogen-bond acceptors (Lipinski definition) is 4. The number of aryl methyl sites for hydroxylation is 2. The first-order valence-electron chi connectivity index (χ1n) is 13.4. The summed E-state index contributed by atoms with van der Waals surface area (Å²) in [5.41, 5.74) is 9.84. The molecule has 7 nitrogen and oxygen atoms in total. The van der Waals surface area contributed by atoms with Gasteiger partial charge in [0.25, 0.3) is 11.8 Å². The molecule has 8 heteroatoms. The number of amides is 2. The fourth-order valence-electron chi connectivity index (χ4n) is 4.22. The quantitative estimate of drug-likeness (QED) is 0.248. The van der Waals surface area contributed by atoms with E-state index in [1.165, 1.54) is 23.4 Å². The first-order chi connectivity index (χ1) is 19.6. The van der Waals surface area contributed by atoms with Crippen molar-refractivity contribution in [2.24, 2.45) is 12.0 Å². The SMILES string of the molecule is CNNC(=O)/C=C/N=c1ccc(-c2cc(C(=O)NC(C)(C)C3=CC=CCC3)ccc2Cl)cn1C.Cc1ccccc1. The summed E-state index contributed by atoms with van der Waals surface area (Å²) in [6.45, 7) is 6.12. The summed E-state index contributed by atoms with van der Waals surface area (Å²) in [7, 11) is 3.46. The van der Waals surface area contributed by atoms with Crippen molar-refractivity contribution in [2.45, 2.75) is 39.2 Å². The number of carbonyl (C=O) groups excluding carboxylic acids is 2. The predicted octanol–water partition coefficient (Wildman–Crippen LogP) is 5.79. The lowest BCUT2D eigenvalue weighted by atomic mass is 9.87. The Hall–Kier alpha value is -4.20.